The van der Waals surface area contributed by atoms with Gasteiger partial charge in [-0.2, -0.15) is 0 Å². The Morgan fingerprint density at radius 1 is 1.00 bits per heavy atom. The monoisotopic (exact) mass is 524 g/mol. The number of rotatable bonds is 13. The molecule has 7 heteroatoms. The van der Waals surface area contributed by atoms with Gasteiger partial charge in [-0.05, 0) is 66.6 Å². The highest BCUT2D eigenvalue weighted by atomic mass is 35.5. The van der Waals surface area contributed by atoms with Crippen molar-refractivity contribution in [2.45, 2.75) is 43.7 Å². The van der Waals surface area contributed by atoms with E-state index in [-0.39, 0.29) is 11.8 Å². The highest BCUT2D eigenvalue weighted by Gasteiger charge is 2.29. The van der Waals surface area contributed by atoms with Crippen LogP contribution in [0.15, 0.2) is 83.8 Å². The summed E-state index contributed by atoms with van der Waals surface area (Å²) < 4.78 is 5.37. The van der Waals surface area contributed by atoms with Crippen LogP contribution in [0, 0.1) is 0 Å². The third-order valence-electron chi connectivity index (χ3n) is 5.73. The normalized spacial score (nSPS) is 11.5. The van der Waals surface area contributed by atoms with Crippen LogP contribution in [0.25, 0.3) is 0 Å². The number of hydrogen-bond donors (Lipinski definition) is 1. The first-order valence-electron chi connectivity index (χ1n) is 12.1. The van der Waals surface area contributed by atoms with Gasteiger partial charge in [0.1, 0.15) is 11.8 Å². The fourth-order valence-electron chi connectivity index (χ4n) is 3.90. The predicted molar refractivity (Wildman–Crippen MR) is 148 cm³/mol. The molecule has 0 saturated heterocycles. The number of nitrogens with zero attached hydrogens (tertiary/aromatic N) is 1. The molecule has 0 aliphatic heterocycles. The van der Waals surface area contributed by atoms with Crippen LogP contribution in [-0.4, -0.2) is 42.2 Å². The van der Waals surface area contributed by atoms with Crippen molar-refractivity contribution >= 4 is 35.2 Å². The summed E-state index contributed by atoms with van der Waals surface area (Å²) in [7, 11) is 1.62. The number of benzene rings is 3. The van der Waals surface area contributed by atoms with Gasteiger partial charge in [0.2, 0.25) is 11.8 Å². The number of halogens is 1. The van der Waals surface area contributed by atoms with Crippen LogP contribution >= 0.6 is 23.4 Å². The van der Waals surface area contributed by atoms with Crippen molar-refractivity contribution in [2.24, 2.45) is 0 Å². The molecule has 0 heterocycles. The van der Waals surface area contributed by atoms with Gasteiger partial charge in [-0.1, -0.05) is 54.1 Å². The van der Waals surface area contributed by atoms with E-state index in [2.05, 4.69) is 5.32 Å². The summed E-state index contributed by atoms with van der Waals surface area (Å²) in [5.41, 5.74) is 1.93. The van der Waals surface area contributed by atoms with Crippen molar-refractivity contribution in [3.8, 4) is 5.75 Å². The Bertz CT molecular complexity index is 1110. The van der Waals surface area contributed by atoms with Crippen LogP contribution in [0.1, 0.15) is 30.9 Å². The SMILES string of the molecule is CCNC(=O)[C@@H](Cc1ccccc1)N(Cc1cccc(OC)c1)C(=O)CCCSc1ccc(Cl)cc1. The molecule has 1 N–H and O–H groups in total. The third-order valence-corrected chi connectivity index (χ3v) is 7.08. The summed E-state index contributed by atoms with van der Waals surface area (Å²) in [5, 5.41) is 3.64. The van der Waals surface area contributed by atoms with Crippen LogP contribution < -0.4 is 10.1 Å². The highest BCUT2D eigenvalue weighted by Crippen LogP contribution is 2.23. The molecule has 0 aromatic heterocycles. The minimum absolute atomic E-state index is 0.0401. The number of methoxy groups -OCH3 is 1. The van der Waals surface area contributed by atoms with Crippen molar-refractivity contribution in [2.75, 3.05) is 19.4 Å². The average Bonchev–Trinajstić information content (AvgIpc) is 2.90. The number of hydrogen-bond acceptors (Lipinski definition) is 4. The van der Waals surface area contributed by atoms with Crippen LogP contribution in [0.4, 0.5) is 0 Å². The molecular formula is C29H33ClN2O3S. The largest absolute Gasteiger partial charge is 0.497 e. The number of nitrogens with one attached hydrogen (secondary N) is 1. The lowest BCUT2D eigenvalue weighted by molar-refractivity contribution is -0.141. The molecular weight excluding hydrogens is 492 g/mol. The Hall–Kier alpha value is -2.96. The zero-order valence-corrected chi connectivity index (χ0v) is 22.4. The molecule has 0 radical (unpaired) electrons. The molecule has 0 aliphatic carbocycles. The summed E-state index contributed by atoms with van der Waals surface area (Å²) in [4.78, 5) is 29.6. The molecule has 0 bridgehead atoms. The van der Waals surface area contributed by atoms with E-state index in [4.69, 9.17) is 16.3 Å². The maximum Gasteiger partial charge on any atom is 0.243 e. The fourth-order valence-corrected chi connectivity index (χ4v) is 4.88. The van der Waals surface area contributed by atoms with Gasteiger partial charge in [0.15, 0.2) is 0 Å². The zero-order valence-electron chi connectivity index (χ0n) is 20.8. The van der Waals surface area contributed by atoms with Crippen LogP contribution in [0.3, 0.4) is 0 Å². The Balaban J connectivity index is 1.77. The fraction of sp³-hybridized carbons (Fsp3) is 0.310. The van der Waals surface area contributed by atoms with E-state index >= 15 is 0 Å². The first kappa shape index (κ1) is 27.6. The number of carbonyl (C=O) groups is 2. The first-order chi connectivity index (χ1) is 17.5. The zero-order chi connectivity index (χ0) is 25.8. The minimum atomic E-state index is -0.616. The lowest BCUT2D eigenvalue weighted by Gasteiger charge is -2.31. The van der Waals surface area contributed by atoms with E-state index < -0.39 is 6.04 Å². The third kappa shape index (κ3) is 8.61. The molecule has 0 aliphatic rings. The van der Waals surface area contributed by atoms with Crippen LogP contribution in [-0.2, 0) is 22.6 Å². The first-order valence-corrected chi connectivity index (χ1v) is 13.5. The Morgan fingerprint density at radius 2 is 1.72 bits per heavy atom. The number of thioether (sulfide) groups is 1. The van der Waals surface area contributed by atoms with Gasteiger partial charge in [-0.15, -0.1) is 11.8 Å². The standard InChI is InChI=1S/C29H33ClN2O3S/c1-3-31-29(34)27(20-22-9-5-4-6-10-22)32(21-23-11-7-12-25(19-23)35-2)28(33)13-8-18-36-26-16-14-24(30)15-17-26/h4-7,9-12,14-17,19,27H,3,8,13,18,20-21H2,1-2H3,(H,31,34)/t27-/m1/s1. The highest BCUT2D eigenvalue weighted by molar-refractivity contribution is 7.99. The lowest BCUT2D eigenvalue weighted by atomic mass is 10.0. The lowest BCUT2D eigenvalue weighted by Crippen LogP contribution is -2.50. The molecule has 3 aromatic carbocycles. The summed E-state index contributed by atoms with van der Waals surface area (Å²) in [6.45, 7) is 2.72. The minimum Gasteiger partial charge on any atom is -0.497 e. The van der Waals surface area contributed by atoms with Gasteiger partial charge < -0.3 is 15.0 Å². The average molecular weight is 525 g/mol. The van der Waals surface area contributed by atoms with Crippen molar-refractivity contribution in [3.05, 3.63) is 95.0 Å². The quantitative estimate of drug-likeness (QED) is 0.220. The number of likely N-dealkylation sites (N-methyl/N-ethyl adjacent to an activating group) is 1. The Labute approximate surface area is 223 Å². The van der Waals surface area contributed by atoms with E-state index in [1.165, 1.54) is 0 Å². The topological polar surface area (TPSA) is 58.6 Å². The second kappa shape index (κ2) is 14.6. The molecule has 3 aromatic rings. The van der Waals surface area contributed by atoms with E-state index in [0.717, 1.165) is 27.5 Å². The Morgan fingerprint density at radius 3 is 2.42 bits per heavy atom. The number of amides is 2. The second-order valence-electron chi connectivity index (χ2n) is 8.38. The van der Waals surface area contributed by atoms with E-state index in [1.54, 1.807) is 23.8 Å². The molecule has 0 fully saturated rings. The molecule has 2 amide bonds. The molecule has 0 unspecified atom stereocenters. The van der Waals surface area contributed by atoms with Crippen molar-refractivity contribution in [1.82, 2.24) is 10.2 Å². The van der Waals surface area contributed by atoms with Gasteiger partial charge >= 0.3 is 0 Å². The molecule has 190 valence electrons. The Kier molecular flexibility index (Phi) is 11.2. The van der Waals surface area contributed by atoms with E-state index in [1.807, 2.05) is 85.8 Å². The van der Waals surface area contributed by atoms with Crippen molar-refractivity contribution < 1.29 is 14.3 Å². The second-order valence-corrected chi connectivity index (χ2v) is 9.98. The van der Waals surface area contributed by atoms with Crippen LogP contribution in [0.2, 0.25) is 5.02 Å². The maximum atomic E-state index is 13.6. The van der Waals surface area contributed by atoms with Gasteiger partial charge in [0, 0.05) is 35.8 Å². The smallest absolute Gasteiger partial charge is 0.243 e. The summed E-state index contributed by atoms with van der Waals surface area (Å²) >= 11 is 7.66. The van der Waals surface area contributed by atoms with Gasteiger partial charge in [0.05, 0.1) is 7.11 Å². The maximum absolute atomic E-state index is 13.6. The molecule has 3 rings (SSSR count). The van der Waals surface area contributed by atoms with Gasteiger partial charge in [0.25, 0.3) is 0 Å². The summed E-state index contributed by atoms with van der Waals surface area (Å²) in [6.07, 6.45) is 1.51. The molecule has 0 spiro atoms. The van der Waals surface area contributed by atoms with Gasteiger partial charge in [-0.3, -0.25) is 9.59 Å². The van der Waals surface area contributed by atoms with E-state index in [9.17, 15) is 9.59 Å². The molecule has 0 saturated carbocycles. The number of ether oxygens (including phenoxy) is 1. The molecule has 1 atom stereocenters. The van der Waals surface area contributed by atoms with Crippen molar-refractivity contribution in [1.29, 1.82) is 0 Å². The van der Waals surface area contributed by atoms with Crippen LogP contribution in [0.5, 0.6) is 5.75 Å². The summed E-state index contributed by atoms with van der Waals surface area (Å²) in [6, 6.07) is 24.5. The molecule has 36 heavy (non-hydrogen) atoms. The predicted octanol–water partition coefficient (Wildman–Crippen LogP) is 6.00. The van der Waals surface area contributed by atoms with Gasteiger partial charge in [-0.25, -0.2) is 0 Å². The summed E-state index contributed by atoms with van der Waals surface area (Å²) in [5.74, 6) is 1.33. The number of carbonyl (C=O) groups excluding carboxylic acids is 2. The van der Waals surface area contributed by atoms with Crippen molar-refractivity contribution in [3.63, 3.8) is 0 Å². The van der Waals surface area contributed by atoms with E-state index in [0.29, 0.717) is 37.4 Å². The molecule has 5 nitrogen and oxygen atoms in total.